The van der Waals surface area contributed by atoms with Crippen LogP contribution in [0.25, 0.3) is 0 Å². The van der Waals surface area contributed by atoms with Crippen molar-refractivity contribution >= 4 is 15.6 Å². The molecule has 2 aromatic carbocycles. The predicted molar refractivity (Wildman–Crippen MR) is 108 cm³/mol. The van der Waals surface area contributed by atoms with E-state index in [0.717, 1.165) is 7.11 Å². The van der Waals surface area contributed by atoms with Crippen molar-refractivity contribution in [2.45, 2.75) is 12.2 Å². The third-order valence-corrected chi connectivity index (χ3v) is 5.64. The second-order valence-electron chi connectivity index (χ2n) is 6.84. The smallest absolute Gasteiger partial charge is 0.780 e. The van der Waals surface area contributed by atoms with Gasteiger partial charge in [0.2, 0.25) is 11.5 Å². The fourth-order valence-electron chi connectivity index (χ4n) is 3.50. The van der Waals surface area contributed by atoms with Crippen molar-refractivity contribution < 1.29 is 184 Å². The molecule has 0 saturated carbocycles. The molecule has 0 bridgehead atoms. The van der Waals surface area contributed by atoms with Gasteiger partial charge < -0.3 is 66.2 Å². The number of hydrogen-bond donors (Lipinski definition) is 0. The normalized spacial score (nSPS) is 16.3. The van der Waals surface area contributed by atoms with Gasteiger partial charge in [0.25, 0.3) is 0 Å². The molecule has 2 aromatic rings. The van der Waals surface area contributed by atoms with E-state index in [-0.39, 0.29) is 142 Å². The Labute approximate surface area is 313 Å². The number of rotatable bonds is 10. The van der Waals surface area contributed by atoms with E-state index in [2.05, 4.69) is 9.05 Å². The van der Waals surface area contributed by atoms with Gasteiger partial charge in [0, 0.05) is 5.56 Å². The Bertz CT molecular complexity index is 1150. The molecule has 0 spiro atoms. The summed E-state index contributed by atoms with van der Waals surface area (Å²) in [5.41, 5.74) is 0.231. The van der Waals surface area contributed by atoms with E-state index >= 15 is 0 Å². The molecule has 194 valence electrons. The number of hydrogen-bond acceptors (Lipinski definition) is 14. The Hall–Kier alpha value is 1.46. The number of ether oxygens (including phenoxy) is 6. The first-order valence-electron chi connectivity index (χ1n) is 9.59. The molecule has 0 aromatic heterocycles. The Morgan fingerprint density at radius 1 is 0.667 bits per heavy atom. The molecule has 1 aliphatic rings. The van der Waals surface area contributed by atoms with Crippen molar-refractivity contribution in [2.75, 3.05) is 35.2 Å². The van der Waals surface area contributed by atoms with Crippen LogP contribution in [-0.4, -0.2) is 35.2 Å². The number of phosphoric acid groups is 2. The van der Waals surface area contributed by atoms with Gasteiger partial charge in [0.1, 0.15) is 34.6 Å². The molecule has 0 unspecified atom stereocenters. The summed E-state index contributed by atoms with van der Waals surface area (Å²) in [4.78, 5) is 45.6. The van der Waals surface area contributed by atoms with Crippen LogP contribution in [0, 0.1) is 0 Å². The standard InChI is InChI=1S/C19H24O14P2.4Na/c1-26-12-6-5-11(17(32-34(20,21)22)19(12)33-35(23,24)25)16-15(30-9-31-16)10-7-13(27-2)18(29-4)14(8-10)28-3;;;;/h5-8,15-16H,9H2,1-4H3,(H2,20,21,22)(H2,23,24,25);;;;/q;4*+1/p-4/t15-,16-;;;;/m0..../s1. The van der Waals surface area contributed by atoms with Crippen LogP contribution in [0.3, 0.4) is 0 Å². The van der Waals surface area contributed by atoms with Gasteiger partial charge in [0.15, 0.2) is 23.0 Å². The summed E-state index contributed by atoms with van der Waals surface area (Å²) in [6, 6.07) is 5.50. The molecule has 0 amide bonds. The van der Waals surface area contributed by atoms with Gasteiger partial charge in [-0.05, 0) is 29.8 Å². The minimum atomic E-state index is -5.79. The first-order valence-corrected chi connectivity index (χ1v) is 12.5. The molecule has 1 aliphatic heterocycles. The van der Waals surface area contributed by atoms with Crippen molar-refractivity contribution in [1.82, 2.24) is 0 Å². The van der Waals surface area contributed by atoms with Crippen LogP contribution in [0.4, 0.5) is 0 Å². The zero-order chi connectivity index (χ0) is 26.0. The van der Waals surface area contributed by atoms with Gasteiger partial charge in [-0.25, -0.2) is 0 Å². The average Bonchev–Trinajstić information content (AvgIpc) is 3.26. The first-order chi connectivity index (χ1) is 16.4. The number of methoxy groups -OCH3 is 4. The maximum absolute atomic E-state index is 11.5. The van der Waals surface area contributed by atoms with Gasteiger partial charge in [-0.15, -0.1) is 0 Å². The number of benzene rings is 2. The molecular weight excluding hydrogens is 606 g/mol. The van der Waals surface area contributed by atoms with Crippen LogP contribution in [-0.2, 0) is 18.6 Å². The van der Waals surface area contributed by atoms with Crippen LogP contribution in [0.1, 0.15) is 23.3 Å². The molecule has 3 rings (SSSR count). The summed E-state index contributed by atoms with van der Waals surface area (Å²) in [7, 11) is -6.24. The zero-order valence-electron chi connectivity index (χ0n) is 22.8. The van der Waals surface area contributed by atoms with Crippen LogP contribution in [0.15, 0.2) is 24.3 Å². The van der Waals surface area contributed by atoms with Crippen molar-refractivity contribution in [3.8, 4) is 34.5 Å². The molecule has 1 heterocycles. The van der Waals surface area contributed by atoms with Crippen LogP contribution in [0.2, 0.25) is 0 Å². The Morgan fingerprint density at radius 3 is 1.56 bits per heavy atom. The van der Waals surface area contributed by atoms with E-state index in [4.69, 9.17) is 28.4 Å². The zero-order valence-corrected chi connectivity index (χ0v) is 32.6. The summed E-state index contributed by atoms with van der Waals surface area (Å²) >= 11 is 0. The molecule has 0 N–H and O–H groups in total. The third-order valence-electron chi connectivity index (χ3n) is 4.82. The SMILES string of the molecule is COc1cc([C@@H]2OCO[C@H]2c2ccc(OC)c(OP(=O)([O-])[O-])c2OP(=O)([O-])[O-])cc(OC)c1OC.[Na+].[Na+].[Na+].[Na+]. The van der Waals surface area contributed by atoms with Gasteiger partial charge >= 0.3 is 118 Å². The summed E-state index contributed by atoms with van der Waals surface area (Å²) in [6.07, 6.45) is -2.15. The van der Waals surface area contributed by atoms with E-state index in [1.165, 1.54) is 33.5 Å². The molecule has 39 heavy (non-hydrogen) atoms. The van der Waals surface area contributed by atoms with Gasteiger partial charge in [-0.2, -0.15) is 0 Å². The minimum absolute atomic E-state index is 0. The van der Waals surface area contributed by atoms with Gasteiger partial charge in [-0.1, -0.05) is 0 Å². The second-order valence-corrected chi connectivity index (χ2v) is 9.00. The third kappa shape index (κ3) is 11.2. The van der Waals surface area contributed by atoms with Gasteiger partial charge in [-0.3, -0.25) is 0 Å². The average molecular weight is 626 g/mol. The van der Waals surface area contributed by atoms with Crippen molar-refractivity contribution in [1.29, 1.82) is 0 Å². The fourth-order valence-corrected chi connectivity index (χ4v) is 4.31. The predicted octanol–water partition coefficient (Wildman–Crippen LogP) is -12.1. The van der Waals surface area contributed by atoms with Crippen molar-refractivity contribution in [3.63, 3.8) is 0 Å². The summed E-state index contributed by atoms with van der Waals surface area (Å²) in [5.74, 6) is -1.41. The molecule has 2 atom stereocenters. The Morgan fingerprint density at radius 2 is 1.13 bits per heavy atom. The van der Waals surface area contributed by atoms with Crippen LogP contribution >= 0.6 is 15.6 Å². The van der Waals surface area contributed by atoms with E-state index in [1.54, 1.807) is 12.1 Å². The molecule has 14 nitrogen and oxygen atoms in total. The van der Waals surface area contributed by atoms with Crippen molar-refractivity contribution in [3.05, 3.63) is 35.4 Å². The molecular formula is C19H20Na4O14P2. The monoisotopic (exact) mass is 626 g/mol. The minimum Gasteiger partial charge on any atom is -0.780 e. The summed E-state index contributed by atoms with van der Waals surface area (Å²) < 4.78 is 63.9. The molecule has 0 aliphatic carbocycles. The maximum atomic E-state index is 11.5. The quantitative estimate of drug-likeness (QED) is 0.178. The summed E-state index contributed by atoms with van der Waals surface area (Å²) in [5, 5.41) is 0. The molecule has 0 radical (unpaired) electrons. The number of phosphoric ester groups is 2. The Balaban J connectivity index is 0. The first kappa shape index (κ1) is 42.6. The van der Waals surface area contributed by atoms with Crippen molar-refractivity contribution in [2.24, 2.45) is 0 Å². The Kier molecular flexibility index (Phi) is 20.0. The molecule has 20 heteroatoms. The fraction of sp³-hybridized carbons (Fsp3) is 0.368. The summed E-state index contributed by atoms with van der Waals surface area (Å²) in [6.45, 7) is -0.290. The molecule has 1 fully saturated rings. The molecule has 1 saturated heterocycles. The second kappa shape index (κ2) is 18.3. The van der Waals surface area contributed by atoms with E-state index in [0.29, 0.717) is 11.3 Å². The van der Waals surface area contributed by atoms with Gasteiger partial charge in [0.05, 0.1) is 28.4 Å². The van der Waals surface area contributed by atoms with Crippen LogP contribution < -0.4 is 166 Å². The van der Waals surface area contributed by atoms with E-state index in [9.17, 15) is 28.7 Å². The van der Waals surface area contributed by atoms with E-state index < -0.39 is 45.1 Å². The largest absolute Gasteiger partial charge is 1.00 e. The van der Waals surface area contributed by atoms with Crippen LogP contribution in [0.5, 0.6) is 34.5 Å². The van der Waals surface area contributed by atoms with E-state index in [1.807, 2.05) is 0 Å². The topological polar surface area (TPSA) is 200 Å². The maximum Gasteiger partial charge on any atom is 1.00 e.